The van der Waals surface area contributed by atoms with E-state index in [1.807, 2.05) is 0 Å². The fourth-order valence-electron chi connectivity index (χ4n) is 3.97. The topological polar surface area (TPSA) is 269 Å². The Morgan fingerprint density at radius 1 is 0.735 bits per heavy atom. The van der Waals surface area contributed by atoms with E-state index in [4.69, 9.17) is 23.7 Å². The van der Waals surface area contributed by atoms with Crippen molar-refractivity contribution in [2.75, 3.05) is 26.4 Å². The van der Waals surface area contributed by atoms with Gasteiger partial charge in [-0.15, -0.1) is 0 Å². The molecule has 0 aliphatic carbocycles. The molecule has 34 heavy (non-hydrogen) atoms. The summed E-state index contributed by atoms with van der Waals surface area (Å²) in [4.78, 5) is 0. The molecule has 14 atom stereocenters. The lowest BCUT2D eigenvalue weighted by atomic mass is 9.96. The molecule has 0 bridgehead atoms. The van der Waals surface area contributed by atoms with Gasteiger partial charge in [0.05, 0.1) is 19.8 Å². The zero-order valence-corrected chi connectivity index (χ0v) is 17.8. The molecule has 0 spiro atoms. The minimum absolute atomic E-state index is 0.504. The number of aliphatic hydroxyl groups excluding tert-OH is 11. The lowest BCUT2D eigenvalue weighted by molar-refractivity contribution is -0.376. The second-order valence-corrected chi connectivity index (χ2v) is 8.44. The van der Waals surface area contributed by atoms with Gasteiger partial charge in [-0.2, -0.15) is 0 Å². The molecule has 0 radical (unpaired) electrons. The third kappa shape index (κ3) is 5.23. The smallest absolute Gasteiger partial charge is 0.221 e. The van der Waals surface area contributed by atoms with Gasteiger partial charge in [0.1, 0.15) is 73.8 Å². The van der Waals surface area contributed by atoms with Crippen LogP contribution in [0.15, 0.2) is 0 Å². The molecule has 200 valence electrons. The maximum Gasteiger partial charge on any atom is 0.221 e. The summed E-state index contributed by atoms with van der Waals surface area (Å²) in [6.45, 7) is -2.94. The molecule has 1 unspecified atom stereocenters. The van der Waals surface area contributed by atoms with Crippen molar-refractivity contribution >= 4 is 0 Å². The van der Waals surface area contributed by atoms with Crippen molar-refractivity contribution in [3.8, 4) is 0 Å². The highest BCUT2D eigenvalue weighted by Crippen LogP contribution is 2.31. The molecule has 0 saturated carbocycles. The summed E-state index contributed by atoms with van der Waals surface area (Å²) in [5.41, 5.74) is 0. The first-order valence-corrected chi connectivity index (χ1v) is 10.6. The minimum Gasteiger partial charge on any atom is -0.394 e. The van der Waals surface area contributed by atoms with Crippen LogP contribution in [-0.4, -0.2) is 168 Å². The molecular formula is C18H32O16. The Hall–Kier alpha value is -0.640. The fraction of sp³-hybridized carbons (Fsp3) is 1.00. The Bertz CT molecular complexity index is 653. The summed E-state index contributed by atoms with van der Waals surface area (Å²) in [5, 5.41) is 109. The second-order valence-electron chi connectivity index (χ2n) is 8.44. The Kier molecular flexibility index (Phi) is 9.18. The van der Waals surface area contributed by atoms with Gasteiger partial charge in [-0.3, -0.25) is 0 Å². The largest absolute Gasteiger partial charge is 0.394 e. The summed E-state index contributed by atoms with van der Waals surface area (Å²) in [6, 6.07) is 0. The molecule has 16 nitrogen and oxygen atoms in total. The first-order valence-electron chi connectivity index (χ1n) is 10.6. The molecule has 0 aromatic carbocycles. The molecule has 0 aromatic heterocycles. The lowest BCUT2D eigenvalue weighted by Gasteiger charge is -2.47. The third-order valence-corrected chi connectivity index (χ3v) is 6.18. The van der Waals surface area contributed by atoms with E-state index in [0.29, 0.717) is 0 Å². The van der Waals surface area contributed by atoms with Crippen LogP contribution in [0.3, 0.4) is 0 Å². The van der Waals surface area contributed by atoms with Crippen molar-refractivity contribution in [2.45, 2.75) is 85.5 Å². The van der Waals surface area contributed by atoms with Gasteiger partial charge >= 0.3 is 0 Å². The summed E-state index contributed by atoms with van der Waals surface area (Å²) < 4.78 is 26.3. The van der Waals surface area contributed by atoms with Crippen LogP contribution in [0.4, 0.5) is 0 Å². The highest BCUT2D eigenvalue weighted by atomic mass is 16.8. The minimum atomic E-state index is -2.21. The first-order chi connectivity index (χ1) is 16.0. The SMILES string of the molecule is OC[C@H]1OC(O)[C@H](O)[C@@H](O)[C@@H]1O[C@@H]1O[C@H](CO[C@]2(CO)OC[C@@H](O)[C@@H](O)[C@@H]2O)[C@@H](O)[C@H](O)[C@H]1O. The molecule has 3 heterocycles. The van der Waals surface area contributed by atoms with Gasteiger partial charge < -0.3 is 79.9 Å². The van der Waals surface area contributed by atoms with E-state index in [1.54, 1.807) is 0 Å². The summed E-state index contributed by atoms with van der Waals surface area (Å²) in [6.07, 6.45) is -22.3. The van der Waals surface area contributed by atoms with E-state index in [-0.39, 0.29) is 0 Å². The molecule has 0 aromatic rings. The molecule has 3 aliphatic rings. The number of hydrogen-bond donors (Lipinski definition) is 11. The molecule has 3 fully saturated rings. The average molecular weight is 504 g/mol. The second kappa shape index (κ2) is 11.2. The highest BCUT2D eigenvalue weighted by molar-refractivity contribution is 4.96. The van der Waals surface area contributed by atoms with Gasteiger partial charge in [0, 0.05) is 0 Å². The van der Waals surface area contributed by atoms with E-state index < -0.39 is 112 Å². The molecule has 16 heteroatoms. The normalized spacial score (nSPS) is 52.5. The standard InChI is InChI=1S/C18H32O16/c19-1-6-14(11(25)12(26)16(29)32-6)34-17-13(27)10(24)9(23)7(33-17)3-31-18(4-20)15(28)8(22)5(21)2-30-18/h5-17,19-29H,1-4H2/t5-,6-,7-,8-,9-,10+,11-,12-,13-,14-,15+,16?,17+,18+/m1/s1. The van der Waals surface area contributed by atoms with Crippen LogP contribution in [0.25, 0.3) is 0 Å². The van der Waals surface area contributed by atoms with Crippen molar-refractivity contribution in [2.24, 2.45) is 0 Å². The molecule has 11 N–H and O–H groups in total. The Morgan fingerprint density at radius 2 is 1.41 bits per heavy atom. The monoisotopic (exact) mass is 504 g/mol. The first kappa shape index (κ1) is 27.9. The van der Waals surface area contributed by atoms with Crippen LogP contribution < -0.4 is 0 Å². The van der Waals surface area contributed by atoms with Gasteiger partial charge in [-0.1, -0.05) is 0 Å². The van der Waals surface area contributed by atoms with E-state index in [9.17, 15) is 56.2 Å². The lowest BCUT2D eigenvalue weighted by Crippen LogP contribution is -2.66. The maximum atomic E-state index is 10.3. The Labute approximate surface area is 192 Å². The fourth-order valence-corrected chi connectivity index (χ4v) is 3.97. The van der Waals surface area contributed by atoms with Crippen LogP contribution in [0, 0.1) is 0 Å². The van der Waals surface area contributed by atoms with Crippen molar-refractivity contribution < 1.29 is 79.9 Å². The Balaban J connectivity index is 1.71. The van der Waals surface area contributed by atoms with E-state index in [0.717, 1.165) is 0 Å². The highest BCUT2D eigenvalue weighted by Gasteiger charge is 2.53. The van der Waals surface area contributed by atoms with Gasteiger partial charge in [-0.05, 0) is 0 Å². The number of ether oxygens (including phenoxy) is 5. The Morgan fingerprint density at radius 3 is 2.03 bits per heavy atom. The van der Waals surface area contributed by atoms with Crippen LogP contribution in [0.2, 0.25) is 0 Å². The van der Waals surface area contributed by atoms with Crippen LogP contribution in [0.1, 0.15) is 0 Å². The number of hydrogen-bond acceptors (Lipinski definition) is 16. The zero-order chi connectivity index (χ0) is 25.4. The summed E-state index contributed by atoms with van der Waals surface area (Å²) in [7, 11) is 0. The summed E-state index contributed by atoms with van der Waals surface area (Å²) in [5.74, 6) is -2.21. The van der Waals surface area contributed by atoms with Crippen molar-refractivity contribution in [3.63, 3.8) is 0 Å². The van der Waals surface area contributed by atoms with Gasteiger partial charge in [0.25, 0.3) is 0 Å². The molecule has 3 rings (SSSR count). The van der Waals surface area contributed by atoms with E-state index >= 15 is 0 Å². The summed E-state index contributed by atoms with van der Waals surface area (Å²) >= 11 is 0. The molecule has 3 saturated heterocycles. The van der Waals surface area contributed by atoms with Gasteiger partial charge in [0.2, 0.25) is 5.79 Å². The maximum absolute atomic E-state index is 10.3. The zero-order valence-electron chi connectivity index (χ0n) is 17.8. The molecular weight excluding hydrogens is 472 g/mol. The number of rotatable bonds is 7. The van der Waals surface area contributed by atoms with Gasteiger partial charge in [-0.25, -0.2) is 0 Å². The molecule has 0 amide bonds. The van der Waals surface area contributed by atoms with Crippen LogP contribution in [-0.2, 0) is 23.7 Å². The predicted molar refractivity (Wildman–Crippen MR) is 101 cm³/mol. The van der Waals surface area contributed by atoms with Gasteiger partial charge in [0.15, 0.2) is 12.6 Å². The number of aliphatic hydroxyl groups is 11. The van der Waals surface area contributed by atoms with Crippen LogP contribution >= 0.6 is 0 Å². The van der Waals surface area contributed by atoms with E-state index in [2.05, 4.69) is 0 Å². The third-order valence-electron chi connectivity index (χ3n) is 6.18. The average Bonchev–Trinajstić information content (AvgIpc) is 2.83. The van der Waals surface area contributed by atoms with Crippen LogP contribution in [0.5, 0.6) is 0 Å². The molecule has 3 aliphatic heterocycles. The predicted octanol–water partition coefficient (Wildman–Crippen LogP) is -7.57. The van der Waals surface area contributed by atoms with E-state index in [1.165, 1.54) is 0 Å². The van der Waals surface area contributed by atoms with Crippen molar-refractivity contribution in [3.05, 3.63) is 0 Å². The van der Waals surface area contributed by atoms with Crippen molar-refractivity contribution in [1.29, 1.82) is 0 Å². The van der Waals surface area contributed by atoms with Crippen molar-refractivity contribution in [1.82, 2.24) is 0 Å². The quantitative estimate of drug-likeness (QED) is 0.154.